The van der Waals surface area contributed by atoms with Crippen LogP contribution in [0, 0.1) is 0 Å². The zero-order valence-electron chi connectivity index (χ0n) is 10.4. The summed E-state index contributed by atoms with van der Waals surface area (Å²) in [5.41, 5.74) is 6.11. The molecule has 18 heavy (non-hydrogen) atoms. The van der Waals surface area contributed by atoms with Crippen LogP contribution in [0.1, 0.15) is 48.9 Å². The fraction of sp³-hybridized carbons (Fsp3) is 0.500. The van der Waals surface area contributed by atoms with E-state index in [1.807, 2.05) is 0 Å². The summed E-state index contributed by atoms with van der Waals surface area (Å²) in [6, 6.07) is 4.45. The number of aromatic hydroxyl groups is 1. The third kappa shape index (κ3) is 3.15. The second-order valence-corrected chi connectivity index (χ2v) is 4.79. The van der Waals surface area contributed by atoms with E-state index in [4.69, 9.17) is 10.5 Å². The maximum Gasteiger partial charge on any atom is 0.338 e. The summed E-state index contributed by atoms with van der Waals surface area (Å²) in [6.07, 6.45) is 6.56. The van der Waals surface area contributed by atoms with Crippen LogP contribution in [0.3, 0.4) is 0 Å². The van der Waals surface area contributed by atoms with Crippen molar-refractivity contribution in [1.29, 1.82) is 0 Å². The van der Waals surface area contributed by atoms with Crippen LogP contribution in [0.25, 0.3) is 0 Å². The predicted octanol–water partition coefficient (Wildman–Crippen LogP) is 2.85. The van der Waals surface area contributed by atoms with Gasteiger partial charge in [-0.2, -0.15) is 0 Å². The Morgan fingerprint density at radius 2 is 1.89 bits per heavy atom. The zero-order valence-corrected chi connectivity index (χ0v) is 10.4. The van der Waals surface area contributed by atoms with Gasteiger partial charge in [-0.25, -0.2) is 4.79 Å². The first-order valence-corrected chi connectivity index (χ1v) is 6.46. The normalized spacial score (nSPS) is 17.1. The molecule has 1 saturated carbocycles. The minimum atomic E-state index is -0.378. The van der Waals surface area contributed by atoms with E-state index in [0.29, 0.717) is 5.56 Å². The standard InChI is InChI=1S/C14H19NO3/c15-12-8-7-10(9-13(12)16)14(17)18-11-5-3-1-2-4-6-11/h7-9,11,16H,1-6,15H2. The molecule has 1 aliphatic rings. The molecule has 1 aliphatic carbocycles. The quantitative estimate of drug-likeness (QED) is 0.366. The van der Waals surface area contributed by atoms with E-state index >= 15 is 0 Å². The Morgan fingerprint density at radius 1 is 1.22 bits per heavy atom. The van der Waals surface area contributed by atoms with Crippen molar-refractivity contribution < 1.29 is 14.6 Å². The molecule has 0 radical (unpaired) electrons. The lowest BCUT2D eigenvalue weighted by Crippen LogP contribution is -2.17. The number of carbonyl (C=O) groups excluding carboxylic acids is 1. The lowest BCUT2D eigenvalue weighted by Gasteiger charge is -2.15. The highest BCUT2D eigenvalue weighted by molar-refractivity contribution is 5.90. The number of ether oxygens (including phenoxy) is 1. The van der Waals surface area contributed by atoms with Crippen LogP contribution in [0.15, 0.2) is 18.2 Å². The van der Waals surface area contributed by atoms with E-state index in [1.54, 1.807) is 6.07 Å². The number of anilines is 1. The first kappa shape index (κ1) is 12.7. The molecule has 4 nitrogen and oxygen atoms in total. The minimum absolute atomic E-state index is 0.0136. The monoisotopic (exact) mass is 249 g/mol. The summed E-state index contributed by atoms with van der Waals surface area (Å²) in [6.45, 7) is 0. The van der Waals surface area contributed by atoms with E-state index in [-0.39, 0.29) is 23.5 Å². The van der Waals surface area contributed by atoms with Gasteiger partial charge in [0.2, 0.25) is 0 Å². The predicted molar refractivity (Wildman–Crippen MR) is 69.4 cm³/mol. The summed E-state index contributed by atoms with van der Waals surface area (Å²) in [5, 5.41) is 9.47. The number of hydrogen-bond acceptors (Lipinski definition) is 4. The van der Waals surface area contributed by atoms with E-state index in [2.05, 4.69) is 0 Å². The van der Waals surface area contributed by atoms with Crippen molar-refractivity contribution in [3.05, 3.63) is 23.8 Å². The number of carbonyl (C=O) groups is 1. The molecule has 0 heterocycles. The Balaban J connectivity index is 1.99. The lowest BCUT2D eigenvalue weighted by atomic mass is 10.1. The molecular weight excluding hydrogens is 230 g/mol. The number of nitrogen functional groups attached to an aromatic ring is 1. The van der Waals surface area contributed by atoms with E-state index in [9.17, 15) is 9.90 Å². The zero-order chi connectivity index (χ0) is 13.0. The molecule has 0 aromatic heterocycles. The Kier molecular flexibility index (Phi) is 4.07. The molecule has 1 fully saturated rings. The van der Waals surface area contributed by atoms with Crippen molar-refractivity contribution in [3.8, 4) is 5.75 Å². The number of phenolic OH excluding ortho intramolecular Hbond substituents is 1. The summed E-state index contributed by atoms with van der Waals surface area (Å²) in [5.74, 6) is -0.456. The number of benzene rings is 1. The van der Waals surface area contributed by atoms with Crippen molar-refractivity contribution in [3.63, 3.8) is 0 Å². The van der Waals surface area contributed by atoms with Crippen molar-refractivity contribution in [2.24, 2.45) is 0 Å². The van der Waals surface area contributed by atoms with Crippen molar-refractivity contribution >= 4 is 11.7 Å². The van der Waals surface area contributed by atoms with Crippen LogP contribution in [-0.2, 0) is 4.74 Å². The highest BCUT2D eigenvalue weighted by Crippen LogP contribution is 2.24. The molecule has 1 aromatic carbocycles. The smallest absolute Gasteiger partial charge is 0.338 e. The van der Waals surface area contributed by atoms with E-state index in [0.717, 1.165) is 25.7 Å². The first-order chi connectivity index (χ1) is 8.66. The van der Waals surface area contributed by atoms with E-state index in [1.165, 1.54) is 25.0 Å². The highest BCUT2D eigenvalue weighted by Gasteiger charge is 2.18. The summed E-state index contributed by atoms with van der Waals surface area (Å²) in [4.78, 5) is 11.9. The molecule has 2 rings (SSSR count). The maximum absolute atomic E-state index is 11.9. The Morgan fingerprint density at radius 3 is 2.50 bits per heavy atom. The second-order valence-electron chi connectivity index (χ2n) is 4.79. The van der Waals surface area contributed by atoms with Gasteiger partial charge in [0.05, 0.1) is 11.3 Å². The third-order valence-corrected chi connectivity index (χ3v) is 3.34. The van der Waals surface area contributed by atoms with Crippen LogP contribution < -0.4 is 5.73 Å². The number of rotatable bonds is 2. The Hall–Kier alpha value is -1.71. The SMILES string of the molecule is Nc1ccc(C(=O)OC2CCCCCC2)cc1O. The highest BCUT2D eigenvalue weighted by atomic mass is 16.5. The van der Waals surface area contributed by atoms with Crippen LogP contribution in [0.5, 0.6) is 5.75 Å². The average molecular weight is 249 g/mol. The molecule has 98 valence electrons. The van der Waals surface area contributed by atoms with Gasteiger partial charge < -0.3 is 15.6 Å². The van der Waals surface area contributed by atoms with Gasteiger partial charge >= 0.3 is 5.97 Å². The fourth-order valence-electron chi connectivity index (χ4n) is 2.25. The molecule has 0 spiro atoms. The van der Waals surface area contributed by atoms with Gasteiger partial charge in [0, 0.05) is 0 Å². The largest absolute Gasteiger partial charge is 0.506 e. The second kappa shape index (κ2) is 5.76. The third-order valence-electron chi connectivity index (χ3n) is 3.34. The van der Waals surface area contributed by atoms with Crippen molar-refractivity contribution in [2.45, 2.75) is 44.6 Å². The Bertz CT molecular complexity index is 423. The van der Waals surface area contributed by atoms with Gasteiger partial charge in [-0.1, -0.05) is 12.8 Å². The number of nitrogens with two attached hydrogens (primary N) is 1. The maximum atomic E-state index is 11.9. The number of esters is 1. The molecule has 0 unspecified atom stereocenters. The lowest BCUT2D eigenvalue weighted by molar-refractivity contribution is 0.0267. The van der Waals surface area contributed by atoms with Gasteiger partial charge in [-0.3, -0.25) is 0 Å². The summed E-state index contributed by atoms with van der Waals surface area (Å²) in [7, 11) is 0. The molecule has 0 bridgehead atoms. The summed E-state index contributed by atoms with van der Waals surface area (Å²) >= 11 is 0. The topological polar surface area (TPSA) is 72.6 Å². The van der Waals surface area contributed by atoms with Crippen LogP contribution in [0.2, 0.25) is 0 Å². The molecule has 0 aliphatic heterocycles. The average Bonchev–Trinajstić information content (AvgIpc) is 2.61. The van der Waals surface area contributed by atoms with Crippen LogP contribution in [0.4, 0.5) is 5.69 Å². The molecule has 0 saturated heterocycles. The first-order valence-electron chi connectivity index (χ1n) is 6.46. The van der Waals surface area contributed by atoms with Crippen molar-refractivity contribution in [1.82, 2.24) is 0 Å². The van der Waals surface area contributed by atoms with Gasteiger partial charge in [-0.05, 0) is 43.9 Å². The van der Waals surface area contributed by atoms with Crippen LogP contribution in [-0.4, -0.2) is 17.2 Å². The molecule has 4 heteroatoms. The van der Waals surface area contributed by atoms with Gasteiger partial charge in [-0.15, -0.1) is 0 Å². The minimum Gasteiger partial charge on any atom is -0.506 e. The fourth-order valence-corrected chi connectivity index (χ4v) is 2.25. The van der Waals surface area contributed by atoms with Crippen LogP contribution >= 0.6 is 0 Å². The molecule has 0 atom stereocenters. The van der Waals surface area contributed by atoms with Gasteiger partial charge in [0.15, 0.2) is 0 Å². The molecule has 3 N–H and O–H groups in total. The van der Waals surface area contributed by atoms with Gasteiger partial charge in [0.25, 0.3) is 0 Å². The summed E-state index contributed by atoms with van der Waals surface area (Å²) < 4.78 is 5.46. The number of phenols is 1. The van der Waals surface area contributed by atoms with Crippen molar-refractivity contribution in [2.75, 3.05) is 5.73 Å². The molecule has 1 aromatic rings. The molecular formula is C14H19NO3. The van der Waals surface area contributed by atoms with Gasteiger partial charge in [0.1, 0.15) is 11.9 Å². The van der Waals surface area contributed by atoms with E-state index < -0.39 is 0 Å². The Labute approximate surface area is 107 Å². The molecule has 0 amide bonds. The number of hydrogen-bond donors (Lipinski definition) is 2.